The van der Waals surface area contributed by atoms with Gasteiger partial charge in [0.15, 0.2) is 0 Å². The molecule has 1 unspecified atom stereocenters. The number of ether oxygens (including phenoxy) is 1. The lowest BCUT2D eigenvalue weighted by atomic mass is 10.0. The Bertz CT molecular complexity index is 612. The van der Waals surface area contributed by atoms with Gasteiger partial charge in [0.1, 0.15) is 6.33 Å². The number of aryl methyl sites for hydroxylation is 2. The molecule has 0 aliphatic carbocycles. The maximum atomic E-state index is 5.77. The summed E-state index contributed by atoms with van der Waals surface area (Å²) in [7, 11) is 2.00. The summed E-state index contributed by atoms with van der Waals surface area (Å²) >= 11 is 0. The van der Waals surface area contributed by atoms with Crippen LogP contribution in [-0.2, 0) is 24.8 Å². The molecule has 1 atom stereocenters. The molecule has 3 rings (SSSR count). The molecule has 6 heteroatoms. The van der Waals surface area contributed by atoms with E-state index in [-0.39, 0.29) is 0 Å². The lowest BCUT2D eigenvalue weighted by Crippen LogP contribution is -2.30. The van der Waals surface area contributed by atoms with Crippen LogP contribution < -0.4 is 0 Å². The highest BCUT2D eigenvalue weighted by atomic mass is 16.5. The van der Waals surface area contributed by atoms with Crippen LogP contribution >= 0.6 is 0 Å². The van der Waals surface area contributed by atoms with Crippen LogP contribution in [0.4, 0.5) is 0 Å². The molecule has 0 N–H and O–H groups in total. The van der Waals surface area contributed by atoms with Gasteiger partial charge in [-0.15, -0.1) is 0 Å². The third kappa shape index (κ3) is 4.11. The van der Waals surface area contributed by atoms with Crippen LogP contribution in [0.1, 0.15) is 17.1 Å². The van der Waals surface area contributed by atoms with Crippen LogP contribution in [0, 0.1) is 12.8 Å². The molecule has 0 bridgehead atoms. The number of imidazole rings is 1. The van der Waals surface area contributed by atoms with Crippen molar-refractivity contribution in [2.24, 2.45) is 13.0 Å². The zero-order valence-electron chi connectivity index (χ0n) is 13.3. The Kier molecular flexibility index (Phi) is 4.80. The predicted octanol–water partition coefficient (Wildman–Crippen LogP) is 1.21. The molecule has 3 heterocycles. The van der Waals surface area contributed by atoms with E-state index in [1.165, 1.54) is 0 Å². The first-order valence-corrected chi connectivity index (χ1v) is 7.73. The van der Waals surface area contributed by atoms with Crippen LogP contribution in [0.25, 0.3) is 0 Å². The number of nitrogens with zero attached hydrogens (tertiary/aromatic N) is 5. The molecule has 1 aliphatic rings. The van der Waals surface area contributed by atoms with Crippen molar-refractivity contribution in [1.29, 1.82) is 0 Å². The maximum Gasteiger partial charge on any atom is 0.115 e. The van der Waals surface area contributed by atoms with Crippen molar-refractivity contribution in [1.82, 2.24) is 24.4 Å². The molecular weight excluding hydrogens is 278 g/mol. The van der Waals surface area contributed by atoms with Crippen LogP contribution in [0.15, 0.2) is 24.9 Å². The second-order valence-corrected chi connectivity index (χ2v) is 6.06. The molecular formula is C16H23N5O. The summed E-state index contributed by atoms with van der Waals surface area (Å²) in [4.78, 5) is 15.4. The third-order valence-electron chi connectivity index (χ3n) is 3.92. The van der Waals surface area contributed by atoms with E-state index in [9.17, 15) is 0 Å². The van der Waals surface area contributed by atoms with Crippen molar-refractivity contribution >= 4 is 0 Å². The van der Waals surface area contributed by atoms with Gasteiger partial charge < -0.3 is 9.30 Å². The van der Waals surface area contributed by atoms with Gasteiger partial charge in [0, 0.05) is 50.2 Å². The lowest BCUT2D eigenvalue weighted by molar-refractivity contribution is 0.121. The second-order valence-electron chi connectivity index (χ2n) is 6.06. The molecule has 118 valence electrons. The van der Waals surface area contributed by atoms with E-state index in [2.05, 4.69) is 32.1 Å². The van der Waals surface area contributed by atoms with Crippen LogP contribution in [0.3, 0.4) is 0 Å². The van der Waals surface area contributed by atoms with Crippen molar-refractivity contribution in [3.8, 4) is 0 Å². The first kappa shape index (κ1) is 15.1. The normalized spacial score (nSPS) is 20.0. The van der Waals surface area contributed by atoms with Crippen LogP contribution in [-0.4, -0.2) is 50.7 Å². The lowest BCUT2D eigenvalue weighted by Gasteiger charge is -2.22. The van der Waals surface area contributed by atoms with Crippen LogP contribution in [0.5, 0.6) is 0 Å². The highest BCUT2D eigenvalue weighted by Crippen LogP contribution is 2.14. The fraction of sp³-hybridized carbons (Fsp3) is 0.562. The van der Waals surface area contributed by atoms with Gasteiger partial charge in [-0.25, -0.2) is 15.0 Å². The minimum atomic E-state index is 0.459. The Morgan fingerprint density at radius 2 is 2.18 bits per heavy atom. The van der Waals surface area contributed by atoms with E-state index in [0.717, 1.165) is 56.4 Å². The number of hydrogen-bond donors (Lipinski definition) is 0. The molecule has 1 saturated heterocycles. The van der Waals surface area contributed by atoms with Gasteiger partial charge in [-0.2, -0.15) is 0 Å². The van der Waals surface area contributed by atoms with E-state index >= 15 is 0 Å². The maximum absolute atomic E-state index is 5.77. The van der Waals surface area contributed by atoms with Gasteiger partial charge in [-0.1, -0.05) is 0 Å². The molecule has 0 amide bonds. The van der Waals surface area contributed by atoms with Crippen molar-refractivity contribution < 1.29 is 4.74 Å². The summed E-state index contributed by atoms with van der Waals surface area (Å²) in [6, 6.07) is 2.06. The third-order valence-corrected chi connectivity index (χ3v) is 3.92. The Morgan fingerprint density at radius 1 is 1.27 bits per heavy atom. The molecule has 0 radical (unpaired) electrons. The first-order chi connectivity index (χ1) is 10.7. The summed E-state index contributed by atoms with van der Waals surface area (Å²) < 4.78 is 7.76. The number of hydrogen-bond acceptors (Lipinski definition) is 5. The predicted molar refractivity (Wildman–Crippen MR) is 83.3 cm³/mol. The standard InChI is InChI=1S/C16H23N5O/c1-13-5-15(18-11-17-13)6-14-7-21(3-4-22-10-14)9-16-8-20(2)12-19-16/h5,8,11-12,14H,3-4,6-7,9-10H2,1-2H3. The minimum Gasteiger partial charge on any atom is -0.380 e. The van der Waals surface area contributed by atoms with Crippen molar-refractivity contribution in [3.05, 3.63) is 42.0 Å². The fourth-order valence-electron chi connectivity index (χ4n) is 2.91. The van der Waals surface area contributed by atoms with Gasteiger partial charge in [0.25, 0.3) is 0 Å². The second kappa shape index (κ2) is 6.98. The number of aromatic nitrogens is 4. The Hall–Kier alpha value is -1.79. The minimum absolute atomic E-state index is 0.459. The van der Waals surface area contributed by atoms with Gasteiger partial charge in [-0.05, 0) is 19.4 Å². The Labute approximate surface area is 131 Å². The highest BCUT2D eigenvalue weighted by molar-refractivity contribution is 5.07. The molecule has 6 nitrogen and oxygen atoms in total. The van der Waals surface area contributed by atoms with E-state index < -0.39 is 0 Å². The molecule has 0 aromatic carbocycles. The summed E-state index contributed by atoms with van der Waals surface area (Å²) in [6.45, 7) is 6.43. The summed E-state index contributed by atoms with van der Waals surface area (Å²) in [5.74, 6) is 0.459. The van der Waals surface area contributed by atoms with E-state index in [1.54, 1.807) is 6.33 Å². The molecule has 1 aliphatic heterocycles. The molecule has 2 aromatic rings. The molecule has 1 fully saturated rings. The van der Waals surface area contributed by atoms with Crippen molar-refractivity contribution in [2.75, 3.05) is 26.3 Å². The van der Waals surface area contributed by atoms with Gasteiger partial charge in [0.2, 0.25) is 0 Å². The Balaban J connectivity index is 1.62. The van der Waals surface area contributed by atoms with Crippen molar-refractivity contribution in [2.45, 2.75) is 19.9 Å². The van der Waals surface area contributed by atoms with Crippen LogP contribution in [0.2, 0.25) is 0 Å². The number of rotatable bonds is 4. The molecule has 2 aromatic heterocycles. The monoisotopic (exact) mass is 301 g/mol. The van der Waals surface area contributed by atoms with E-state index in [1.807, 2.05) is 24.9 Å². The smallest absolute Gasteiger partial charge is 0.115 e. The zero-order chi connectivity index (χ0) is 15.4. The molecule has 0 saturated carbocycles. The zero-order valence-corrected chi connectivity index (χ0v) is 13.3. The SMILES string of the molecule is Cc1cc(CC2COCCN(Cc3cn(C)cn3)C2)ncn1. The van der Waals surface area contributed by atoms with Gasteiger partial charge >= 0.3 is 0 Å². The summed E-state index contributed by atoms with van der Waals surface area (Å²) in [5.41, 5.74) is 3.23. The topological polar surface area (TPSA) is 56.1 Å². The average molecular weight is 301 g/mol. The average Bonchev–Trinajstić information content (AvgIpc) is 2.75. The van der Waals surface area contributed by atoms with Gasteiger partial charge in [0.05, 0.1) is 25.2 Å². The summed E-state index contributed by atoms with van der Waals surface area (Å²) in [5, 5.41) is 0. The van der Waals surface area contributed by atoms with E-state index in [4.69, 9.17) is 4.74 Å². The first-order valence-electron chi connectivity index (χ1n) is 7.73. The van der Waals surface area contributed by atoms with Gasteiger partial charge in [-0.3, -0.25) is 4.90 Å². The Morgan fingerprint density at radius 3 is 2.95 bits per heavy atom. The summed E-state index contributed by atoms with van der Waals surface area (Å²) in [6.07, 6.45) is 6.51. The highest BCUT2D eigenvalue weighted by Gasteiger charge is 2.20. The van der Waals surface area contributed by atoms with E-state index in [0.29, 0.717) is 5.92 Å². The molecule has 22 heavy (non-hydrogen) atoms. The fourth-order valence-corrected chi connectivity index (χ4v) is 2.91. The molecule has 0 spiro atoms. The quantitative estimate of drug-likeness (QED) is 0.849. The largest absolute Gasteiger partial charge is 0.380 e. The van der Waals surface area contributed by atoms with Crippen molar-refractivity contribution in [3.63, 3.8) is 0 Å².